The van der Waals surface area contributed by atoms with E-state index in [9.17, 15) is 22.8 Å². The summed E-state index contributed by atoms with van der Waals surface area (Å²) < 4.78 is 42.5. The molecule has 29 heavy (non-hydrogen) atoms. The van der Waals surface area contributed by atoms with Crippen LogP contribution in [0.4, 0.5) is 18.9 Å². The van der Waals surface area contributed by atoms with E-state index in [0.717, 1.165) is 19.3 Å². The van der Waals surface area contributed by atoms with E-state index in [0.29, 0.717) is 27.8 Å². The normalized spacial score (nSPS) is 23.1. The smallest absolute Gasteiger partial charge is 0.447 e. The Bertz CT molecular complexity index is 913. The summed E-state index contributed by atoms with van der Waals surface area (Å²) >= 11 is 1.18. The lowest BCUT2D eigenvalue weighted by atomic mass is 9.95. The maximum atomic E-state index is 12.5. The summed E-state index contributed by atoms with van der Waals surface area (Å²) in [6.07, 6.45) is -1.76. The minimum absolute atomic E-state index is 0.00499. The van der Waals surface area contributed by atoms with Gasteiger partial charge in [0.15, 0.2) is 5.06 Å². The van der Waals surface area contributed by atoms with Gasteiger partial charge in [-0.25, -0.2) is 0 Å². The Hall–Kier alpha value is -2.59. The van der Waals surface area contributed by atoms with Gasteiger partial charge in [-0.15, -0.1) is 0 Å². The van der Waals surface area contributed by atoms with Gasteiger partial charge in [0.2, 0.25) is 0 Å². The Kier molecular flexibility index (Phi) is 5.22. The van der Waals surface area contributed by atoms with Crippen molar-refractivity contribution in [1.29, 1.82) is 0 Å². The molecule has 2 aliphatic rings. The maximum absolute atomic E-state index is 12.5. The number of amides is 2. The number of carbonyl (C=O) groups excluding carboxylic acids is 2. The van der Waals surface area contributed by atoms with E-state index in [1.807, 2.05) is 0 Å². The van der Waals surface area contributed by atoms with E-state index in [4.69, 9.17) is 4.74 Å². The second-order valence-electron chi connectivity index (χ2n) is 7.06. The lowest BCUT2D eigenvalue weighted by Gasteiger charge is -2.20. The minimum Gasteiger partial charge on any atom is -0.447 e. The molecular formula is C19H18F3N3O3S. The van der Waals surface area contributed by atoms with Crippen LogP contribution >= 0.6 is 11.3 Å². The third-order valence-corrected chi connectivity index (χ3v) is 5.97. The van der Waals surface area contributed by atoms with Crippen molar-refractivity contribution in [3.8, 4) is 10.8 Å². The Morgan fingerprint density at radius 1 is 1.10 bits per heavy atom. The predicted molar refractivity (Wildman–Crippen MR) is 101 cm³/mol. The molecule has 3 N–H and O–H groups in total. The third kappa shape index (κ3) is 4.54. The van der Waals surface area contributed by atoms with E-state index in [1.54, 1.807) is 17.4 Å². The zero-order valence-electron chi connectivity index (χ0n) is 15.1. The van der Waals surface area contributed by atoms with Gasteiger partial charge in [-0.05, 0) is 55.7 Å². The Morgan fingerprint density at radius 2 is 1.86 bits per heavy atom. The van der Waals surface area contributed by atoms with Crippen LogP contribution in [0.2, 0.25) is 0 Å². The molecule has 2 aromatic rings. The number of carbonyl (C=O) groups is 2. The first-order valence-corrected chi connectivity index (χ1v) is 9.92. The fourth-order valence-electron chi connectivity index (χ4n) is 3.64. The number of ether oxygens (including phenoxy) is 1. The predicted octanol–water partition coefficient (Wildman–Crippen LogP) is 3.66. The van der Waals surface area contributed by atoms with Gasteiger partial charge in [0, 0.05) is 23.8 Å². The molecule has 1 aromatic carbocycles. The van der Waals surface area contributed by atoms with Crippen molar-refractivity contribution >= 4 is 28.8 Å². The lowest BCUT2D eigenvalue weighted by Crippen LogP contribution is -2.42. The molecule has 2 aliphatic heterocycles. The highest BCUT2D eigenvalue weighted by Crippen LogP contribution is 2.32. The molecule has 2 fully saturated rings. The van der Waals surface area contributed by atoms with E-state index < -0.39 is 12.1 Å². The molecule has 1 aromatic heterocycles. The zero-order valence-corrected chi connectivity index (χ0v) is 15.9. The van der Waals surface area contributed by atoms with Gasteiger partial charge in [0.05, 0.1) is 4.88 Å². The highest BCUT2D eigenvalue weighted by Gasteiger charge is 2.40. The number of alkyl halides is 3. The largest absolute Gasteiger partial charge is 0.471 e. The van der Waals surface area contributed by atoms with Gasteiger partial charge in [-0.3, -0.25) is 9.59 Å². The monoisotopic (exact) mass is 425 g/mol. The molecule has 6 nitrogen and oxygen atoms in total. The zero-order chi connectivity index (χ0) is 20.6. The SMILES string of the molecule is O=C(NC1CC2CCC1N2)c1ccc(Oc2ccc(NC(=O)C(F)(F)F)cc2)s1. The van der Waals surface area contributed by atoms with Crippen LogP contribution < -0.4 is 20.7 Å². The average Bonchev–Trinajstić information content (AvgIpc) is 3.39. The maximum Gasteiger partial charge on any atom is 0.471 e. The van der Waals surface area contributed by atoms with Crippen LogP contribution in [0.1, 0.15) is 28.9 Å². The van der Waals surface area contributed by atoms with Crippen LogP contribution in [0.3, 0.4) is 0 Å². The number of nitrogens with one attached hydrogen (secondary N) is 3. The van der Waals surface area contributed by atoms with Crippen molar-refractivity contribution in [2.75, 3.05) is 5.32 Å². The van der Waals surface area contributed by atoms with Gasteiger partial charge in [-0.1, -0.05) is 11.3 Å². The first-order valence-electron chi connectivity index (χ1n) is 9.11. The second-order valence-corrected chi connectivity index (χ2v) is 8.11. The molecule has 3 heterocycles. The van der Waals surface area contributed by atoms with Gasteiger partial charge in [0.25, 0.3) is 5.91 Å². The number of hydrogen-bond acceptors (Lipinski definition) is 5. The number of benzene rings is 1. The molecule has 0 spiro atoms. The molecule has 0 aliphatic carbocycles. The van der Waals surface area contributed by atoms with Crippen LogP contribution in [-0.4, -0.2) is 36.1 Å². The van der Waals surface area contributed by atoms with Gasteiger partial charge in [-0.2, -0.15) is 13.2 Å². The molecule has 154 valence electrons. The topological polar surface area (TPSA) is 79.5 Å². The molecular weight excluding hydrogens is 407 g/mol. The summed E-state index contributed by atoms with van der Waals surface area (Å²) in [6, 6.07) is 9.81. The fourth-order valence-corrected chi connectivity index (χ4v) is 4.42. The van der Waals surface area contributed by atoms with E-state index in [2.05, 4.69) is 10.6 Å². The minimum atomic E-state index is -4.95. The van der Waals surface area contributed by atoms with Crippen molar-refractivity contribution < 1.29 is 27.5 Å². The van der Waals surface area contributed by atoms with Gasteiger partial charge < -0.3 is 20.7 Å². The lowest BCUT2D eigenvalue weighted by molar-refractivity contribution is -0.167. The number of hydrogen-bond donors (Lipinski definition) is 3. The van der Waals surface area contributed by atoms with Crippen molar-refractivity contribution in [2.45, 2.75) is 43.6 Å². The Balaban J connectivity index is 1.33. The van der Waals surface area contributed by atoms with Crippen molar-refractivity contribution in [2.24, 2.45) is 0 Å². The molecule has 3 unspecified atom stereocenters. The first kappa shape index (κ1) is 19.7. The molecule has 0 radical (unpaired) electrons. The van der Waals surface area contributed by atoms with Crippen LogP contribution in [0.5, 0.6) is 10.8 Å². The van der Waals surface area contributed by atoms with E-state index in [1.165, 1.54) is 35.6 Å². The van der Waals surface area contributed by atoms with Crippen molar-refractivity contribution in [3.63, 3.8) is 0 Å². The van der Waals surface area contributed by atoms with Crippen LogP contribution in [0, 0.1) is 0 Å². The van der Waals surface area contributed by atoms with Crippen LogP contribution in [0.25, 0.3) is 0 Å². The summed E-state index contributed by atoms with van der Waals surface area (Å²) in [5.74, 6) is -1.80. The average molecular weight is 425 g/mol. The molecule has 3 atom stereocenters. The molecule has 0 saturated carbocycles. The van der Waals surface area contributed by atoms with Gasteiger partial charge >= 0.3 is 12.1 Å². The second kappa shape index (κ2) is 7.68. The number of rotatable bonds is 5. The Labute approximate surface area is 168 Å². The summed E-state index contributed by atoms with van der Waals surface area (Å²) in [5, 5.41) is 8.78. The summed E-state index contributed by atoms with van der Waals surface area (Å²) in [4.78, 5) is 23.9. The standard InChI is InChI=1S/C19H18F3N3O3S/c20-19(21,22)18(27)24-10-1-4-12(5-2-10)28-16-8-7-15(29-16)17(26)25-14-9-11-3-6-13(14)23-11/h1-2,4-5,7-8,11,13-14,23H,3,6,9H2,(H,24,27)(H,25,26). The number of thiophene rings is 1. The Morgan fingerprint density at radius 3 is 2.48 bits per heavy atom. The van der Waals surface area contributed by atoms with E-state index in [-0.39, 0.29) is 17.6 Å². The fraction of sp³-hybridized carbons (Fsp3) is 0.368. The van der Waals surface area contributed by atoms with Crippen molar-refractivity contribution in [1.82, 2.24) is 10.6 Å². The van der Waals surface area contributed by atoms with Gasteiger partial charge in [0.1, 0.15) is 5.75 Å². The van der Waals surface area contributed by atoms with Crippen molar-refractivity contribution in [3.05, 3.63) is 41.3 Å². The molecule has 4 rings (SSSR count). The van der Waals surface area contributed by atoms with E-state index >= 15 is 0 Å². The molecule has 2 amide bonds. The highest BCUT2D eigenvalue weighted by atomic mass is 32.1. The number of anilines is 1. The number of fused-ring (bicyclic) bond motifs is 2. The molecule has 10 heteroatoms. The highest BCUT2D eigenvalue weighted by molar-refractivity contribution is 7.15. The quantitative estimate of drug-likeness (QED) is 0.683. The number of halogens is 3. The molecule has 2 bridgehead atoms. The summed E-state index contributed by atoms with van der Waals surface area (Å²) in [5.41, 5.74) is 0.00499. The molecule has 2 saturated heterocycles. The summed E-state index contributed by atoms with van der Waals surface area (Å²) in [7, 11) is 0. The summed E-state index contributed by atoms with van der Waals surface area (Å²) in [6.45, 7) is 0. The van der Waals surface area contributed by atoms with Crippen LogP contribution in [-0.2, 0) is 4.79 Å². The first-order chi connectivity index (χ1) is 13.8. The third-order valence-electron chi connectivity index (χ3n) is 5.01. The van der Waals surface area contributed by atoms with Crippen LogP contribution in [0.15, 0.2) is 36.4 Å².